The van der Waals surface area contributed by atoms with Crippen LogP contribution in [0.4, 0.5) is 5.95 Å². The Morgan fingerprint density at radius 1 is 1.10 bits per heavy atom. The Balaban J connectivity index is 1.37. The number of nitrogens with one attached hydrogen (secondary N) is 2. The van der Waals surface area contributed by atoms with Gasteiger partial charge in [-0.25, -0.2) is 9.97 Å². The molecule has 1 amide bonds. The van der Waals surface area contributed by atoms with Crippen molar-refractivity contribution in [1.82, 2.24) is 15.3 Å². The van der Waals surface area contributed by atoms with Gasteiger partial charge in [-0.3, -0.25) is 9.59 Å². The zero-order valence-electron chi connectivity index (χ0n) is 17.0. The van der Waals surface area contributed by atoms with Gasteiger partial charge in [0.2, 0.25) is 11.9 Å². The van der Waals surface area contributed by atoms with Gasteiger partial charge in [0.15, 0.2) is 0 Å². The summed E-state index contributed by atoms with van der Waals surface area (Å²) in [4.78, 5) is 31.5. The smallest absolute Gasteiger partial charge is 0.303 e. The lowest BCUT2D eigenvalue weighted by atomic mass is 10.1. The summed E-state index contributed by atoms with van der Waals surface area (Å²) in [5.41, 5.74) is 1.71. The Morgan fingerprint density at radius 2 is 1.81 bits per heavy atom. The Morgan fingerprint density at radius 3 is 2.52 bits per heavy atom. The number of aliphatic carboxylic acids is 1. The van der Waals surface area contributed by atoms with E-state index in [1.54, 1.807) is 13.3 Å². The average molecular weight is 428 g/mol. The number of carbonyl (C=O) groups is 2. The number of hydrogen-bond acceptors (Lipinski definition) is 8. The standard InChI is InChI=1S/C21H24N4O6/c1-29-13-4-2-12(3-5-13)14-8-9-22-21(24-14)25-16-11-31-19-15(10-30-20(16)19)23-17(26)6-7-18(27)28/h2-5,8-9,15-16,19-20H,6-7,10-11H2,1H3,(H,23,26)(H,27,28)(H,22,24,25)/t15-,16-,19+,20+/m0/s1. The van der Waals surface area contributed by atoms with Crippen molar-refractivity contribution in [2.45, 2.75) is 37.1 Å². The first kappa shape index (κ1) is 21.0. The van der Waals surface area contributed by atoms with Crippen LogP contribution in [0.15, 0.2) is 36.5 Å². The summed E-state index contributed by atoms with van der Waals surface area (Å²) < 4.78 is 16.9. The van der Waals surface area contributed by atoms with Crippen molar-refractivity contribution in [2.75, 3.05) is 25.6 Å². The van der Waals surface area contributed by atoms with E-state index in [1.165, 1.54) is 0 Å². The van der Waals surface area contributed by atoms with Crippen LogP contribution in [0.5, 0.6) is 5.75 Å². The molecule has 0 bridgehead atoms. The fraction of sp³-hybridized carbons (Fsp3) is 0.429. The number of ether oxygens (including phenoxy) is 3. The normalized spacial score (nSPS) is 24.4. The van der Waals surface area contributed by atoms with Crippen LogP contribution in [-0.2, 0) is 19.1 Å². The second kappa shape index (κ2) is 9.27. The van der Waals surface area contributed by atoms with E-state index in [2.05, 4.69) is 20.6 Å². The molecular weight excluding hydrogens is 404 g/mol. The minimum atomic E-state index is -1.01. The van der Waals surface area contributed by atoms with Crippen LogP contribution in [0.1, 0.15) is 12.8 Å². The maximum Gasteiger partial charge on any atom is 0.303 e. The minimum absolute atomic E-state index is 0.0725. The number of carbonyl (C=O) groups excluding carboxylic acids is 1. The zero-order chi connectivity index (χ0) is 21.8. The Hall–Kier alpha value is -3.24. The second-order valence-corrected chi connectivity index (χ2v) is 7.41. The van der Waals surface area contributed by atoms with Crippen molar-refractivity contribution in [3.05, 3.63) is 36.5 Å². The average Bonchev–Trinajstić information content (AvgIpc) is 3.36. The van der Waals surface area contributed by atoms with Gasteiger partial charge in [0.25, 0.3) is 0 Å². The highest BCUT2D eigenvalue weighted by atomic mass is 16.6. The van der Waals surface area contributed by atoms with Gasteiger partial charge in [-0.2, -0.15) is 0 Å². The molecule has 0 aliphatic carbocycles. The van der Waals surface area contributed by atoms with Gasteiger partial charge < -0.3 is 30.0 Å². The second-order valence-electron chi connectivity index (χ2n) is 7.41. The number of rotatable bonds is 8. The number of methoxy groups -OCH3 is 1. The fourth-order valence-electron chi connectivity index (χ4n) is 3.76. The lowest BCUT2D eigenvalue weighted by Gasteiger charge is -2.18. The highest BCUT2D eigenvalue weighted by molar-refractivity contribution is 5.80. The molecule has 0 radical (unpaired) electrons. The van der Waals surface area contributed by atoms with Crippen molar-refractivity contribution in [1.29, 1.82) is 0 Å². The molecule has 10 heteroatoms. The minimum Gasteiger partial charge on any atom is -0.497 e. The third-order valence-electron chi connectivity index (χ3n) is 5.32. The van der Waals surface area contributed by atoms with E-state index in [9.17, 15) is 9.59 Å². The van der Waals surface area contributed by atoms with E-state index in [0.29, 0.717) is 19.2 Å². The van der Waals surface area contributed by atoms with Crippen LogP contribution in [-0.4, -0.2) is 71.6 Å². The largest absolute Gasteiger partial charge is 0.497 e. The molecule has 10 nitrogen and oxygen atoms in total. The molecule has 2 fully saturated rings. The van der Waals surface area contributed by atoms with Gasteiger partial charge in [0.05, 0.1) is 44.5 Å². The zero-order valence-corrected chi connectivity index (χ0v) is 17.0. The summed E-state index contributed by atoms with van der Waals surface area (Å²) in [5.74, 6) is -0.102. The Bertz CT molecular complexity index is 938. The molecule has 2 aliphatic heterocycles. The molecule has 0 unspecified atom stereocenters. The molecule has 4 atom stereocenters. The first-order valence-corrected chi connectivity index (χ1v) is 10.0. The van der Waals surface area contributed by atoms with Crippen molar-refractivity contribution in [3.63, 3.8) is 0 Å². The molecule has 1 aromatic heterocycles. The molecule has 0 spiro atoms. The van der Waals surface area contributed by atoms with Crippen LogP contribution in [0, 0.1) is 0 Å². The first-order chi connectivity index (χ1) is 15.0. The highest BCUT2D eigenvalue weighted by Crippen LogP contribution is 2.29. The summed E-state index contributed by atoms with van der Waals surface area (Å²) in [6.07, 6.45) is 0.828. The number of fused-ring (bicyclic) bond motifs is 1. The van der Waals surface area contributed by atoms with Gasteiger partial charge in [-0.15, -0.1) is 0 Å². The van der Waals surface area contributed by atoms with Crippen molar-refractivity contribution in [3.8, 4) is 17.0 Å². The summed E-state index contributed by atoms with van der Waals surface area (Å²) in [7, 11) is 1.62. The first-order valence-electron chi connectivity index (χ1n) is 10.0. The summed E-state index contributed by atoms with van der Waals surface area (Å²) in [6.45, 7) is 0.687. The monoisotopic (exact) mass is 428 g/mol. The molecule has 0 saturated carbocycles. The predicted molar refractivity (Wildman–Crippen MR) is 110 cm³/mol. The number of anilines is 1. The van der Waals surface area contributed by atoms with Crippen LogP contribution in [0.3, 0.4) is 0 Å². The SMILES string of the molecule is COc1ccc(-c2ccnc(N[C@H]3CO[C@H]4[C@@H]3OC[C@@H]4NC(=O)CCC(=O)O)n2)cc1. The van der Waals surface area contributed by atoms with Gasteiger partial charge in [0, 0.05) is 18.2 Å². The van der Waals surface area contributed by atoms with E-state index in [4.69, 9.17) is 19.3 Å². The topological polar surface area (TPSA) is 132 Å². The van der Waals surface area contributed by atoms with Gasteiger partial charge in [-0.05, 0) is 30.3 Å². The maximum absolute atomic E-state index is 11.9. The van der Waals surface area contributed by atoms with E-state index < -0.39 is 5.97 Å². The fourth-order valence-corrected chi connectivity index (χ4v) is 3.76. The molecule has 2 aromatic rings. The number of carboxylic acid groups (broad SMARTS) is 1. The lowest BCUT2D eigenvalue weighted by Crippen LogP contribution is -2.44. The molecule has 4 rings (SSSR count). The van der Waals surface area contributed by atoms with Crippen molar-refractivity contribution < 1.29 is 28.9 Å². The third kappa shape index (κ3) is 4.92. The van der Waals surface area contributed by atoms with E-state index in [1.807, 2.05) is 30.3 Å². The molecule has 31 heavy (non-hydrogen) atoms. The van der Waals surface area contributed by atoms with E-state index >= 15 is 0 Å². The van der Waals surface area contributed by atoms with Crippen molar-refractivity contribution in [2.24, 2.45) is 0 Å². The third-order valence-corrected chi connectivity index (χ3v) is 5.32. The van der Waals surface area contributed by atoms with Gasteiger partial charge in [0.1, 0.15) is 18.0 Å². The summed E-state index contributed by atoms with van der Waals surface area (Å²) >= 11 is 0. The van der Waals surface area contributed by atoms with Crippen LogP contribution in [0.2, 0.25) is 0 Å². The maximum atomic E-state index is 11.9. The Labute approximate surface area is 178 Å². The number of amides is 1. The van der Waals surface area contributed by atoms with Crippen LogP contribution < -0.4 is 15.4 Å². The summed E-state index contributed by atoms with van der Waals surface area (Å²) in [6, 6.07) is 8.94. The molecule has 3 heterocycles. The quantitative estimate of drug-likeness (QED) is 0.565. The molecule has 2 aliphatic rings. The van der Waals surface area contributed by atoms with Crippen molar-refractivity contribution >= 4 is 17.8 Å². The summed E-state index contributed by atoms with van der Waals surface area (Å²) in [5, 5.41) is 14.8. The molecule has 164 valence electrons. The van der Waals surface area contributed by atoms with Gasteiger partial charge >= 0.3 is 5.97 Å². The van der Waals surface area contributed by atoms with Gasteiger partial charge in [-0.1, -0.05) is 0 Å². The molecule has 3 N–H and O–H groups in total. The molecule has 1 aromatic carbocycles. The van der Waals surface area contributed by atoms with E-state index in [0.717, 1.165) is 17.0 Å². The van der Waals surface area contributed by atoms with E-state index in [-0.39, 0.29) is 43.0 Å². The number of nitrogens with zero attached hydrogens (tertiary/aromatic N) is 2. The number of benzene rings is 1. The number of carboxylic acids is 1. The molecular formula is C21H24N4O6. The lowest BCUT2D eigenvalue weighted by molar-refractivity contribution is -0.139. The Kier molecular flexibility index (Phi) is 6.28. The van der Waals surface area contributed by atoms with Crippen LogP contribution in [0.25, 0.3) is 11.3 Å². The number of aromatic nitrogens is 2. The highest BCUT2D eigenvalue weighted by Gasteiger charge is 2.48. The molecule has 2 saturated heterocycles. The number of hydrogen-bond donors (Lipinski definition) is 3. The van der Waals surface area contributed by atoms with Crippen LogP contribution >= 0.6 is 0 Å². The predicted octanol–water partition coefficient (Wildman–Crippen LogP) is 1.08.